The normalized spacial score (nSPS) is 19.8. The summed E-state index contributed by atoms with van der Waals surface area (Å²) in [7, 11) is 0. The lowest BCUT2D eigenvalue weighted by Gasteiger charge is -2.39. The van der Waals surface area contributed by atoms with E-state index in [0.717, 1.165) is 19.6 Å². The third-order valence-electron chi connectivity index (χ3n) is 4.05. The van der Waals surface area contributed by atoms with E-state index in [1.165, 1.54) is 41.4 Å². The molecule has 1 fully saturated rings. The third-order valence-corrected chi connectivity index (χ3v) is 5.03. The van der Waals surface area contributed by atoms with Crippen LogP contribution < -0.4 is 5.73 Å². The molecule has 2 N–H and O–H groups in total. The first kappa shape index (κ1) is 15.0. The van der Waals surface area contributed by atoms with Crippen molar-refractivity contribution in [3.8, 4) is 0 Å². The molecule has 0 amide bonds. The Hall–Kier alpha value is -0.420. The van der Waals surface area contributed by atoms with Crippen molar-refractivity contribution in [2.24, 2.45) is 5.73 Å². The molecule has 0 bridgehead atoms. The van der Waals surface area contributed by atoms with E-state index in [1.54, 1.807) is 0 Å². The summed E-state index contributed by atoms with van der Waals surface area (Å²) in [6.07, 6.45) is 1.25. The molecule has 0 aromatic carbocycles. The van der Waals surface area contributed by atoms with Crippen LogP contribution in [-0.2, 0) is 0 Å². The zero-order valence-corrected chi connectivity index (χ0v) is 13.3. The lowest BCUT2D eigenvalue weighted by molar-refractivity contribution is 0.0985. The van der Waals surface area contributed by atoms with Crippen LogP contribution in [0.3, 0.4) is 0 Å². The van der Waals surface area contributed by atoms with E-state index in [1.807, 2.05) is 11.3 Å². The van der Waals surface area contributed by atoms with Crippen LogP contribution >= 0.6 is 11.3 Å². The molecule has 108 valence electrons. The summed E-state index contributed by atoms with van der Waals surface area (Å²) in [4.78, 5) is 7.97. The SMILES string of the molecule is CCCN1CCN(C(CN)c2cc(C)sc2C)CC1. The minimum absolute atomic E-state index is 0.411. The first-order valence-corrected chi connectivity index (χ1v) is 8.20. The molecule has 1 atom stereocenters. The van der Waals surface area contributed by atoms with E-state index in [9.17, 15) is 0 Å². The van der Waals surface area contributed by atoms with E-state index in [2.05, 4.69) is 36.6 Å². The van der Waals surface area contributed by atoms with Crippen LogP contribution in [-0.4, -0.2) is 49.1 Å². The standard InChI is InChI=1S/C15H27N3S/c1-4-5-17-6-8-18(9-7-17)15(11-16)14-10-12(2)19-13(14)3/h10,15H,4-9,11,16H2,1-3H3. The van der Waals surface area contributed by atoms with Gasteiger partial charge in [0.05, 0.1) is 0 Å². The Morgan fingerprint density at radius 3 is 2.42 bits per heavy atom. The summed E-state index contributed by atoms with van der Waals surface area (Å²) in [5, 5.41) is 0. The van der Waals surface area contributed by atoms with Crippen molar-refractivity contribution in [1.82, 2.24) is 9.80 Å². The van der Waals surface area contributed by atoms with Crippen molar-refractivity contribution in [2.45, 2.75) is 33.2 Å². The van der Waals surface area contributed by atoms with E-state index in [4.69, 9.17) is 5.73 Å². The maximum Gasteiger partial charge on any atom is 0.0482 e. The number of aryl methyl sites for hydroxylation is 2. The molecule has 1 aromatic heterocycles. The fourth-order valence-electron chi connectivity index (χ4n) is 3.07. The Morgan fingerprint density at radius 2 is 1.95 bits per heavy atom. The predicted octanol–water partition coefficient (Wildman–Crippen LogP) is 2.39. The molecule has 2 rings (SSSR count). The molecule has 0 aliphatic carbocycles. The predicted molar refractivity (Wildman–Crippen MR) is 83.9 cm³/mol. The number of nitrogens with zero attached hydrogens (tertiary/aromatic N) is 2. The summed E-state index contributed by atoms with van der Waals surface area (Å²) in [5.41, 5.74) is 7.51. The number of hydrogen-bond acceptors (Lipinski definition) is 4. The molecule has 3 nitrogen and oxygen atoms in total. The van der Waals surface area contributed by atoms with Gasteiger partial charge in [0.15, 0.2) is 0 Å². The van der Waals surface area contributed by atoms with Crippen molar-refractivity contribution in [1.29, 1.82) is 0 Å². The molecule has 0 saturated carbocycles. The van der Waals surface area contributed by atoms with Crippen LogP contribution in [0.15, 0.2) is 6.07 Å². The van der Waals surface area contributed by atoms with Gasteiger partial charge in [0.25, 0.3) is 0 Å². The number of rotatable bonds is 5. The van der Waals surface area contributed by atoms with Crippen molar-refractivity contribution in [2.75, 3.05) is 39.3 Å². The number of thiophene rings is 1. The highest BCUT2D eigenvalue weighted by Crippen LogP contribution is 2.30. The summed E-state index contributed by atoms with van der Waals surface area (Å²) in [6.45, 7) is 13.3. The lowest BCUT2D eigenvalue weighted by atomic mass is 10.0. The molecule has 19 heavy (non-hydrogen) atoms. The topological polar surface area (TPSA) is 32.5 Å². The first-order chi connectivity index (χ1) is 9.15. The zero-order valence-electron chi connectivity index (χ0n) is 12.5. The van der Waals surface area contributed by atoms with Gasteiger partial charge in [-0.2, -0.15) is 0 Å². The van der Waals surface area contributed by atoms with E-state index >= 15 is 0 Å². The minimum atomic E-state index is 0.411. The van der Waals surface area contributed by atoms with Crippen molar-refractivity contribution in [3.63, 3.8) is 0 Å². The van der Waals surface area contributed by atoms with E-state index in [0.29, 0.717) is 6.04 Å². The summed E-state index contributed by atoms with van der Waals surface area (Å²) < 4.78 is 0. The molecule has 1 unspecified atom stereocenters. The van der Waals surface area contributed by atoms with Gasteiger partial charge in [-0.3, -0.25) is 4.90 Å². The van der Waals surface area contributed by atoms with Gasteiger partial charge in [-0.25, -0.2) is 0 Å². The molecule has 1 aliphatic rings. The summed E-state index contributed by atoms with van der Waals surface area (Å²) >= 11 is 1.89. The van der Waals surface area contributed by atoms with Gasteiger partial charge in [0.1, 0.15) is 0 Å². The second-order valence-electron chi connectivity index (χ2n) is 5.50. The quantitative estimate of drug-likeness (QED) is 0.899. The summed E-state index contributed by atoms with van der Waals surface area (Å²) in [6, 6.07) is 2.74. The van der Waals surface area contributed by atoms with Gasteiger partial charge in [-0.05, 0) is 38.4 Å². The maximum absolute atomic E-state index is 6.06. The molecule has 1 aliphatic heterocycles. The highest BCUT2D eigenvalue weighted by atomic mass is 32.1. The molecule has 0 radical (unpaired) electrons. The highest BCUT2D eigenvalue weighted by molar-refractivity contribution is 7.12. The van der Waals surface area contributed by atoms with Gasteiger partial charge in [-0.1, -0.05) is 6.92 Å². The molecular weight excluding hydrogens is 254 g/mol. The van der Waals surface area contributed by atoms with Crippen LogP contribution in [0.1, 0.15) is 34.7 Å². The fraction of sp³-hybridized carbons (Fsp3) is 0.733. The largest absolute Gasteiger partial charge is 0.329 e. The number of nitrogens with two attached hydrogens (primary N) is 1. The van der Waals surface area contributed by atoms with Gasteiger partial charge < -0.3 is 10.6 Å². The second-order valence-corrected chi connectivity index (χ2v) is 6.96. The van der Waals surface area contributed by atoms with Crippen molar-refractivity contribution >= 4 is 11.3 Å². The number of piperazine rings is 1. The molecule has 0 spiro atoms. The van der Waals surface area contributed by atoms with Gasteiger partial charge in [0.2, 0.25) is 0 Å². The average Bonchev–Trinajstić information content (AvgIpc) is 2.72. The maximum atomic E-state index is 6.06. The number of hydrogen-bond donors (Lipinski definition) is 1. The Kier molecular flexibility index (Phi) is 5.39. The Bertz CT molecular complexity index is 394. The molecular formula is C15H27N3S. The van der Waals surface area contributed by atoms with Crippen molar-refractivity contribution in [3.05, 3.63) is 21.4 Å². The van der Waals surface area contributed by atoms with E-state index in [-0.39, 0.29) is 0 Å². The van der Waals surface area contributed by atoms with Gasteiger partial charge in [-0.15, -0.1) is 11.3 Å². The molecule has 1 saturated heterocycles. The average molecular weight is 281 g/mol. The summed E-state index contributed by atoms with van der Waals surface area (Å²) in [5.74, 6) is 0. The Balaban J connectivity index is 2.01. The van der Waals surface area contributed by atoms with Gasteiger partial charge in [0, 0.05) is 48.5 Å². The van der Waals surface area contributed by atoms with Crippen LogP contribution in [0.5, 0.6) is 0 Å². The van der Waals surface area contributed by atoms with E-state index < -0.39 is 0 Å². The lowest BCUT2D eigenvalue weighted by Crippen LogP contribution is -2.49. The first-order valence-electron chi connectivity index (χ1n) is 7.39. The zero-order chi connectivity index (χ0) is 13.8. The smallest absolute Gasteiger partial charge is 0.0482 e. The Labute approximate surface area is 121 Å². The molecule has 1 aromatic rings. The van der Waals surface area contributed by atoms with Crippen molar-refractivity contribution < 1.29 is 0 Å². The second kappa shape index (κ2) is 6.84. The van der Waals surface area contributed by atoms with Crippen LogP contribution in [0.2, 0.25) is 0 Å². The fourth-order valence-corrected chi connectivity index (χ4v) is 4.05. The third kappa shape index (κ3) is 3.57. The molecule has 4 heteroatoms. The van der Waals surface area contributed by atoms with Gasteiger partial charge >= 0.3 is 0 Å². The highest BCUT2D eigenvalue weighted by Gasteiger charge is 2.25. The Morgan fingerprint density at radius 1 is 1.26 bits per heavy atom. The van der Waals surface area contributed by atoms with Crippen LogP contribution in [0, 0.1) is 13.8 Å². The monoisotopic (exact) mass is 281 g/mol. The molecule has 2 heterocycles. The van der Waals surface area contributed by atoms with Crippen LogP contribution in [0.4, 0.5) is 0 Å². The minimum Gasteiger partial charge on any atom is -0.329 e. The van der Waals surface area contributed by atoms with Crippen LogP contribution in [0.25, 0.3) is 0 Å².